The van der Waals surface area contributed by atoms with Crippen molar-refractivity contribution in [2.75, 3.05) is 6.54 Å². The molecule has 0 spiro atoms. The molecule has 84 valence electrons. The molecule has 0 aliphatic heterocycles. The van der Waals surface area contributed by atoms with Crippen molar-refractivity contribution in [3.63, 3.8) is 0 Å². The van der Waals surface area contributed by atoms with E-state index in [2.05, 4.69) is 6.92 Å². The predicted octanol–water partition coefficient (Wildman–Crippen LogP) is 2.09. The van der Waals surface area contributed by atoms with E-state index in [0.717, 1.165) is 12.8 Å². The maximum Gasteiger partial charge on any atom is 0.169 e. The Balaban J connectivity index is 0. The van der Waals surface area contributed by atoms with Crippen LogP contribution in [0, 0.1) is 11.8 Å². The minimum absolute atomic E-state index is 0. The van der Waals surface area contributed by atoms with Crippen LogP contribution in [0.4, 0.5) is 0 Å². The van der Waals surface area contributed by atoms with Gasteiger partial charge in [-0.3, -0.25) is 5.73 Å². The van der Waals surface area contributed by atoms with E-state index in [1.165, 1.54) is 0 Å². The van der Waals surface area contributed by atoms with Crippen LogP contribution < -0.4 is 11.5 Å². The molecule has 0 saturated carbocycles. The molecule has 0 aromatic carbocycles. The second-order valence-corrected chi connectivity index (χ2v) is 4.54. The maximum atomic E-state index is 5.84. The molecule has 0 bridgehead atoms. The Kier molecular flexibility index (Phi) is 9.55. The SMILES string of the molecule is CCC(CN)C(CC)C(N)(Cl)Cl.[Pt]. The van der Waals surface area contributed by atoms with E-state index >= 15 is 0 Å². The zero-order valence-corrected chi connectivity index (χ0v) is 11.8. The van der Waals surface area contributed by atoms with E-state index < -0.39 is 4.46 Å². The number of hydrogen-bond acceptors (Lipinski definition) is 2. The topological polar surface area (TPSA) is 52.0 Å². The molecule has 0 aliphatic carbocycles. The molecule has 13 heavy (non-hydrogen) atoms. The van der Waals surface area contributed by atoms with Crippen LogP contribution in [0.25, 0.3) is 0 Å². The molecule has 0 aliphatic rings. The van der Waals surface area contributed by atoms with Crippen molar-refractivity contribution in [3.05, 3.63) is 0 Å². The van der Waals surface area contributed by atoms with E-state index in [9.17, 15) is 0 Å². The molecule has 0 amide bonds. The maximum absolute atomic E-state index is 5.84. The summed E-state index contributed by atoms with van der Waals surface area (Å²) in [4.78, 5) is 0. The Bertz CT molecular complexity index is 124. The number of halogens is 2. The fraction of sp³-hybridized carbons (Fsp3) is 1.00. The van der Waals surface area contributed by atoms with Crippen molar-refractivity contribution in [2.45, 2.75) is 31.1 Å². The van der Waals surface area contributed by atoms with Gasteiger partial charge in [0, 0.05) is 27.0 Å². The number of nitrogens with two attached hydrogens (primary N) is 2. The molecule has 0 fully saturated rings. The molecule has 4 N–H and O–H groups in total. The van der Waals surface area contributed by atoms with E-state index in [1.807, 2.05) is 6.92 Å². The van der Waals surface area contributed by atoms with Gasteiger partial charge < -0.3 is 5.73 Å². The van der Waals surface area contributed by atoms with Crippen molar-refractivity contribution < 1.29 is 21.1 Å². The summed E-state index contributed by atoms with van der Waals surface area (Å²) in [6, 6.07) is 0. The predicted molar refractivity (Wildman–Crippen MR) is 55.2 cm³/mol. The first-order valence-electron chi connectivity index (χ1n) is 4.34. The van der Waals surface area contributed by atoms with Crippen molar-refractivity contribution >= 4 is 23.2 Å². The van der Waals surface area contributed by atoms with Gasteiger partial charge in [-0.05, 0) is 18.9 Å². The van der Waals surface area contributed by atoms with Gasteiger partial charge >= 0.3 is 0 Å². The summed E-state index contributed by atoms with van der Waals surface area (Å²) in [6.45, 7) is 4.68. The van der Waals surface area contributed by atoms with Crippen molar-refractivity contribution in [2.24, 2.45) is 23.3 Å². The standard InChI is InChI=1S/C8H18Cl2N2.Pt/c1-3-6(5-11)7(4-2)8(9,10)12;/h6-7H,3-5,11-12H2,1-2H3;. The fourth-order valence-electron chi connectivity index (χ4n) is 1.54. The van der Waals surface area contributed by atoms with Gasteiger partial charge in [0.05, 0.1) is 0 Å². The number of hydrogen-bond donors (Lipinski definition) is 2. The third-order valence-corrected chi connectivity index (χ3v) is 2.89. The fourth-order valence-corrected chi connectivity index (χ4v) is 2.20. The summed E-state index contributed by atoms with van der Waals surface area (Å²) in [5, 5.41) is 0. The van der Waals surface area contributed by atoms with Crippen LogP contribution in [0.15, 0.2) is 0 Å². The average molecular weight is 408 g/mol. The normalized spacial score (nSPS) is 16.2. The molecule has 2 atom stereocenters. The van der Waals surface area contributed by atoms with Crippen molar-refractivity contribution in [1.29, 1.82) is 0 Å². The van der Waals surface area contributed by atoms with E-state index in [-0.39, 0.29) is 27.0 Å². The Hall–Kier alpha value is 1.19. The van der Waals surface area contributed by atoms with Crippen LogP contribution in [-0.4, -0.2) is 11.0 Å². The molecular weight excluding hydrogens is 390 g/mol. The average Bonchev–Trinajstić information content (AvgIpc) is 1.97. The van der Waals surface area contributed by atoms with Gasteiger partial charge in [0.2, 0.25) is 0 Å². The second-order valence-electron chi connectivity index (χ2n) is 3.09. The summed E-state index contributed by atoms with van der Waals surface area (Å²) in [5.41, 5.74) is 11.2. The van der Waals surface area contributed by atoms with Gasteiger partial charge in [-0.15, -0.1) is 0 Å². The molecule has 0 radical (unpaired) electrons. The monoisotopic (exact) mass is 407 g/mol. The van der Waals surface area contributed by atoms with Crippen molar-refractivity contribution in [1.82, 2.24) is 0 Å². The zero-order valence-electron chi connectivity index (χ0n) is 8.00. The molecule has 0 aromatic heterocycles. The zero-order chi connectivity index (χ0) is 9.78. The van der Waals surface area contributed by atoms with E-state index in [1.54, 1.807) is 0 Å². The van der Waals surface area contributed by atoms with Crippen LogP contribution >= 0.6 is 23.2 Å². The number of alkyl halides is 2. The first-order valence-corrected chi connectivity index (χ1v) is 5.09. The molecular formula is C8H18Cl2N2Pt. The number of rotatable bonds is 5. The minimum atomic E-state index is -1.14. The third-order valence-electron chi connectivity index (χ3n) is 2.33. The first-order chi connectivity index (χ1) is 5.47. The van der Waals surface area contributed by atoms with Crippen molar-refractivity contribution in [3.8, 4) is 0 Å². The summed E-state index contributed by atoms with van der Waals surface area (Å²) < 4.78 is -1.14. The quantitative estimate of drug-likeness (QED) is 0.541. The Morgan fingerprint density at radius 1 is 1.23 bits per heavy atom. The van der Waals surface area contributed by atoms with Gasteiger partial charge in [-0.2, -0.15) is 0 Å². The Labute approximate surface area is 105 Å². The van der Waals surface area contributed by atoms with Crippen LogP contribution in [0.3, 0.4) is 0 Å². The molecule has 0 aromatic rings. The third kappa shape index (κ3) is 5.59. The van der Waals surface area contributed by atoms with Gasteiger partial charge in [0.1, 0.15) is 0 Å². The molecule has 5 heteroatoms. The molecule has 0 rings (SSSR count). The van der Waals surface area contributed by atoms with Gasteiger partial charge in [0.15, 0.2) is 4.46 Å². The summed E-state index contributed by atoms with van der Waals surface area (Å²) in [7, 11) is 0. The summed E-state index contributed by atoms with van der Waals surface area (Å²) in [5.74, 6) is 0.394. The smallest absolute Gasteiger partial charge is 0.169 e. The van der Waals surface area contributed by atoms with Crippen LogP contribution in [-0.2, 0) is 21.1 Å². The van der Waals surface area contributed by atoms with E-state index in [4.69, 9.17) is 34.7 Å². The van der Waals surface area contributed by atoms with E-state index in [0.29, 0.717) is 12.5 Å². The largest absolute Gasteiger partial charge is 0.330 e. The van der Waals surface area contributed by atoms with Gasteiger partial charge in [-0.25, -0.2) is 0 Å². The first kappa shape index (κ1) is 16.6. The Morgan fingerprint density at radius 2 is 1.69 bits per heavy atom. The van der Waals surface area contributed by atoms with Crippen LogP contribution in [0.1, 0.15) is 26.7 Å². The second kappa shape index (κ2) is 7.48. The Morgan fingerprint density at radius 3 is 1.77 bits per heavy atom. The molecule has 0 heterocycles. The molecule has 2 nitrogen and oxygen atoms in total. The summed E-state index contributed by atoms with van der Waals surface area (Å²) in [6.07, 6.45) is 1.83. The van der Waals surface area contributed by atoms with Crippen LogP contribution in [0.5, 0.6) is 0 Å². The molecule has 0 saturated heterocycles. The summed E-state index contributed by atoms with van der Waals surface area (Å²) >= 11 is 11.7. The van der Waals surface area contributed by atoms with Crippen LogP contribution in [0.2, 0.25) is 0 Å². The minimum Gasteiger partial charge on any atom is -0.330 e. The van der Waals surface area contributed by atoms with Gasteiger partial charge in [-0.1, -0.05) is 43.5 Å². The van der Waals surface area contributed by atoms with Gasteiger partial charge in [0.25, 0.3) is 0 Å². The molecule has 2 unspecified atom stereocenters.